The normalized spacial score (nSPS) is 13.6. The van der Waals surface area contributed by atoms with Crippen molar-refractivity contribution in [3.8, 4) is 0 Å². The molecule has 0 saturated carbocycles. The summed E-state index contributed by atoms with van der Waals surface area (Å²) in [4.78, 5) is 125. The van der Waals surface area contributed by atoms with Gasteiger partial charge in [0.2, 0.25) is 29.5 Å². The summed E-state index contributed by atoms with van der Waals surface area (Å²) in [5, 5.41) is 25.5. The van der Waals surface area contributed by atoms with Gasteiger partial charge in [-0.25, -0.2) is 9.59 Å². The van der Waals surface area contributed by atoms with Gasteiger partial charge in [0.15, 0.2) is 0 Å². The minimum absolute atomic E-state index is 0.0384. The summed E-state index contributed by atoms with van der Waals surface area (Å²) in [5.74, 6) is -8.71. The summed E-state index contributed by atoms with van der Waals surface area (Å²) in [6.45, 7) is 8.20. The highest BCUT2D eigenvalue weighted by atomic mass is 16.6. The molecule has 0 radical (unpaired) electrons. The molecule has 0 bridgehead atoms. The number of alkyl carbamates (subject to hydrolysis) is 1. The van der Waals surface area contributed by atoms with Crippen LogP contribution in [0.2, 0.25) is 0 Å². The molecule has 0 fully saturated rings. The van der Waals surface area contributed by atoms with E-state index in [4.69, 9.17) is 28.4 Å². The fourth-order valence-electron chi connectivity index (χ4n) is 8.19. The van der Waals surface area contributed by atoms with E-state index in [0.717, 1.165) is 0 Å². The van der Waals surface area contributed by atoms with Crippen molar-refractivity contribution in [1.29, 1.82) is 0 Å². The average Bonchev–Trinajstić information content (AvgIpc) is 3.51. The Bertz CT molecular complexity index is 2950. The topological polar surface area (TPSA) is 301 Å². The zero-order valence-electron chi connectivity index (χ0n) is 49.2. The zero-order valence-corrected chi connectivity index (χ0v) is 49.2. The molecule has 5 aromatic rings. The Balaban J connectivity index is 1.45. The van der Waals surface area contributed by atoms with Crippen LogP contribution in [0, 0.1) is 5.92 Å². The van der Waals surface area contributed by atoms with E-state index in [1.807, 2.05) is 0 Å². The van der Waals surface area contributed by atoms with Crippen molar-refractivity contribution in [2.45, 2.75) is 142 Å². The van der Waals surface area contributed by atoms with Crippen molar-refractivity contribution in [3.63, 3.8) is 0 Å². The second kappa shape index (κ2) is 35.3. The van der Waals surface area contributed by atoms with E-state index in [1.165, 1.54) is 6.92 Å². The van der Waals surface area contributed by atoms with Crippen LogP contribution in [0.4, 0.5) is 4.79 Å². The maximum absolute atomic E-state index is 15.0. The van der Waals surface area contributed by atoms with Crippen LogP contribution in [0.5, 0.6) is 0 Å². The molecule has 0 aliphatic heterocycles. The number of hydrogen-bond acceptors (Lipinski definition) is 15. The van der Waals surface area contributed by atoms with Crippen molar-refractivity contribution in [1.82, 2.24) is 31.9 Å². The van der Waals surface area contributed by atoms with Crippen molar-refractivity contribution in [3.05, 3.63) is 179 Å². The lowest BCUT2D eigenvalue weighted by atomic mass is 10.0. The molecular formula is C64H78N6O16. The minimum atomic E-state index is -1.75. The molecule has 22 heteroatoms. The van der Waals surface area contributed by atoms with Gasteiger partial charge < -0.3 is 65.4 Å². The van der Waals surface area contributed by atoms with Gasteiger partial charge in [0.05, 0.1) is 45.6 Å². The Hall–Kier alpha value is -8.99. The van der Waals surface area contributed by atoms with E-state index < -0.39 is 127 Å². The fraction of sp³-hybridized carbons (Fsp3) is 0.391. The number of carbonyl (C=O) groups is 9. The summed E-state index contributed by atoms with van der Waals surface area (Å²) >= 11 is 0. The number of rotatable bonds is 34. The number of benzene rings is 5. The maximum atomic E-state index is 15.0. The van der Waals surface area contributed by atoms with Crippen LogP contribution < -0.4 is 31.9 Å². The average molecular weight is 1190 g/mol. The van der Waals surface area contributed by atoms with Crippen LogP contribution >= 0.6 is 0 Å². The molecule has 0 heterocycles. The first kappa shape index (κ1) is 67.8. The molecule has 22 nitrogen and oxygen atoms in total. The van der Waals surface area contributed by atoms with Crippen molar-refractivity contribution in [2.75, 3.05) is 13.2 Å². The van der Waals surface area contributed by atoms with Crippen molar-refractivity contribution < 1.29 is 76.7 Å². The van der Waals surface area contributed by atoms with Gasteiger partial charge in [-0.15, -0.1) is 0 Å². The largest absolute Gasteiger partial charge is 0.480 e. The third-order valence-electron chi connectivity index (χ3n) is 12.8. The van der Waals surface area contributed by atoms with Crippen molar-refractivity contribution in [2.24, 2.45) is 5.92 Å². The van der Waals surface area contributed by atoms with Gasteiger partial charge in [-0.2, -0.15) is 0 Å². The van der Waals surface area contributed by atoms with Crippen molar-refractivity contribution >= 4 is 53.5 Å². The standard InChI is InChI=1S/C64H78N6O16/c1-42(2)55(70-63(80)86-64(4,5)6)60(76)66-50(34-54(72)85-39-48-30-20-11-21-31-48)57(73)69-56(43(3)83-37-46-26-16-9-17-27-46)61(77)68-52(41-82-36-45-24-14-8-15-25-45)59(75)67-51(40-81-35-44-22-12-7-13-23-44)58(74)65-49(62(78)79)32-33-53(71)84-38-47-28-18-10-19-29-47/h7-31,42-43,49-52,55-56H,32-41H2,1-6H3,(H,65,74)(H,66,76)(H,67,75)(H,68,77)(H,69,73)(H,70,80)(H,78,79)/t43-,49+,50+,51+,52+,55+,56+/m1/s1. The lowest BCUT2D eigenvalue weighted by Crippen LogP contribution is -2.63. The zero-order chi connectivity index (χ0) is 62.4. The van der Waals surface area contributed by atoms with Crippen LogP contribution in [-0.4, -0.2) is 120 Å². The Morgan fingerprint density at radius 2 is 0.802 bits per heavy atom. The summed E-state index contributed by atoms with van der Waals surface area (Å²) in [6, 6.07) is 34.4. The number of carbonyl (C=O) groups excluding carboxylic acids is 8. The highest BCUT2D eigenvalue weighted by Gasteiger charge is 2.38. The predicted molar refractivity (Wildman–Crippen MR) is 315 cm³/mol. The van der Waals surface area contributed by atoms with Gasteiger partial charge in [0, 0.05) is 6.42 Å². The summed E-state index contributed by atoms with van der Waals surface area (Å²) in [5.41, 5.74) is 2.49. The SMILES string of the molecule is CC(C)[C@H](NC(=O)OC(C)(C)C)C(=O)N[C@@H](CC(=O)OCc1ccccc1)C(=O)N[C@H](C(=O)N[C@@H](COCc1ccccc1)C(=O)N[C@@H](COCc1ccccc1)C(=O)N[C@@H](CCC(=O)OCc1ccccc1)C(=O)O)[C@@H](C)OCc1ccccc1. The van der Waals surface area contributed by atoms with E-state index in [9.17, 15) is 48.3 Å². The number of hydrogen-bond donors (Lipinski definition) is 7. The lowest BCUT2D eigenvalue weighted by Gasteiger charge is -2.30. The maximum Gasteiger partial charge on any atom is 0.408 e. The minimum Gasteiger partial charge on any atom is -0.480 e. The monoisotopic (exact) mass is 1190 g/mol. The summed E-state index contributed by atoms with van der Waals surface area (Å²) in [6.07, 6.45) is -3.68. The molecule has 0 unspecified atom stereocenters. The Morgan fingerprint density at radius 3 is 1.23 bits per heavy atom. The fourth-order valence-corrected chi connectivity index (χ4v) is 8.19. The highest BCUT2D eigenvalue weighted by Crippen LogP contribution is 2.14. The molecular weight excluding hydrogens is 1110 g/mol. The van der Waals surface area contributed by atoms with Gasteiger partial charge in [0.25, 0.3) is 0 Å². The number of carboxylic acids is 1. The second-order valence-corrected chi connectivity index (χ2v) is 21.5. The third-order valence-corrected chi connectivity index (χ3v) is 12.8. The van der Waals surface area contributed by atoms with Crippen LogP contribution in [-0.2, 0) is 99.8 Å². The van der Waals surface area contributed by atoms with E-state index in [2.05, 4.69) is 31.9 Å². The molecule has 7 atom stereocenters. The Labute approximate surface area is 500 Å². The molecule has 0 aliphatic rings. The predicted octanol–water partition coefficient (Wildman–Crippen LogP) is 5.74. The lowest BCUT2D eigenvalue weighted by molar-refractivity contribution is -0.148. The van der Waals surface area contributed by atoms with Crippen LogP contribution in [0.15, 0.2) is 152 Å². The number of carboxylic acid groups (broad SMARTS) is 1. The smallest absolute Gasteiger partial charge is 0.408 e. The molecule has 6 amide bonds. The van der Waals surface area contributed by atoms with Gasteiger partial charge in [-0.3, -0.25) is 33.6 Å². The third kappa shape index (κ3) is 25.1. The highest BCUT2D eigenvalue weighted by molar-refractivity contribution is 5.98. The van der Waals surface area contributed by atoms with E-state index >= 15 is 0 Å². The van der Waals surface area contributed by atoms with Crippen LogP contribution in [0.25, 0.3) is 0 Å². The molecule has 0 aliphatic carbocycles. The molecule has 5 aromatic carbocycles. The molecule has 7 N–H and O–H groups in total. The molecule has 86 heavy (non-hydrogen) atoms. The molecule has 5 rings (SSSR count). The van der Waals surface area contributed by atoms with Gasteiger partial charge >= 0.3 is 24.0 Å². The first-order chi connectivity index (χ1) is 41.1. The first-order valence-corrected chi connectivity index (χ1v) is 28.2. The van der Waals surface area contributed by atoms with Crippen LogP contribution in [0.3, 0.4) is 0 Å². The Kier molecular flexibility index (Phi) is 27.9. The quantitative estimate of drug-likeness (QED) is 0.0191. The number of nitrogens with one attached hydrogen (secondary N) is 6. The Morgan fingerprint density at radius 1 is 0.430 bits per heavy atom. The molecule has 0 saturated heterocycles. The van der Waals surface area contributed by atoms with E-state index in [1.54, 1.807) is 186 Å². The summed E-state index contributed by atoms with van der Waals surface area (Å²) in [7, 11) is 0. The summed E-state index contributed by atoms with van der Waals surface area (Å²) < 4.78 is 34.3. The number of amides is 6. The molecule has 0 aromatic heterocycles. The van der Waals surface area contributed by atoms with E-state index in [-0.39, 0.29) is 45.9 Å². The van der Waals surface area contributed by atoms with E-state index in [0.29, 0.717) is 27.8 Å². The van der Waals surface area contributed by atoms with Gasteiger partial charge in [0.1, 0.15) is 55.1 Å². The molecule has 0 spiro atoms. The van der Waals surface area contributed by atoms with Gasteiger partial charge in [-0.1, -0.05) is 166 Å². The number of ether oxygens (including phenoxy) is 6. The number of esters is 2. The first-order valence-electron chi connectivity index (χ1n) is 28.2. The number of aliphatic carboxylic acids is 1. The second-order valence-electron chi connectivity index (χ2n) is 21.5. The van der Waals surface area contributed by atoms with Gasteiger partial charge in [-0.05, 0) is 67.9 Å². The van der Waals surface area contributed by atoms with Crippen LogP contribution in [0.1, 0.15) is 88.6 Å². The molecule has 460 valence electrons.